The zero-order valence-corrected chi connectivity index (χ0v) is 12.0. The van der Waals surface area contributed by atoms with E-state index in [-0.39, 0.29) is 22.9 Å². The van der Waals surface area contributed by atoms with Crippen LogP contribution < -0.4 is 10.1 Å². The molecule has 0 aliphatic rings. The van der Waals surface area contributed by atoms with Crippen LogP contribution in [0.1, 0.15) is 37.0 Å². The Hall–Kier alpha value is -2.44. The summed E-state index contributed by atoms with van der Waals surface area (Å²) >= 11 is 0. The zero-order valence-electron chi connectivity index (χ0n) is 12.0. The number of carbonyl (C=O) groups is 2. The molecule has 0 aliphatic heterocycles. The molecule has 21 heavy (non-hydrogen) atoms. The second-order valence-corrected chi connectivity index (χ2v) is 4.51. The molecule has 0 saturated carbocycles. The van der Waals surface area contributed by atoms with Crippen molar-refractivity contribution in [2.75, 3.05) is 6.54 Å². The number of nitro groups is 1. The van der Waals surface area contributed by atoms with Gasteiger partial charge in [-0.3, -0.25) is 19.7 Å². The van der Waals surface area contributed by atoms with Gasteiger partial charge in [-0.05, 0) is 25.5 Å². The lowest BCUT2D eigenvalue weighted by molar-refractivity contribution is -0.386. The maximum Gasteiger partial charge on any atom is 0.310 e. The summed E-state index contributed by atoms with van der Waals surface area (Å²) < 4.78 is 5.33. The molecule has 1 unspecified atom stereocenters. The van der Waals surface area contributed by atoms with Gasteiger partial charge in [-0.25, -0.2) is 0 Å². The highest BCUT2D eigenvalue weighted by Crippen LogP contribution is 2.28. The second-order valence-electron chi connectivity index (χ2n) is 4.51. The van der Waals surface area contributed by atoms with Gasteiger partial charge in [-0.2, -0.15) is 0 Å². The number of nitrogens with one attached hydrogen (secondary N) is 1. The predicted octanol–water partition coefficient (Wildman–Crippen LogP) is 2.09. The minimum Gasteiger partial charge on any atom is -0.474 e. The van der Waals surface area contributed by atoms with Crippen LogP contribution in [0, 0.1) is 10.1 Å². The SMILES string of the molecule is CCCCNC(=O)C(C)Oc1cc(C=O)ccc1[N+](=O)[O-]. The van der Waals surface area contributed by atoms with Crippen LogP contribution in [0.5, 0.6) is 5.75 Å². The Balaban J connectivity index is 2.82. The first-order valence-corrected chi connectivity index (χ1v) is 6.67. The number of benzene rings is 1. The van der Waals surface area contributed by atoms with Gasteiger partial charge in [0.25, 0.3) is 5.91 Å². The van der Waals surface area contributed by atoms with Gasteiger partial charge in [0.1, 0.15) is 6.29 Å². The fraction of sp³-hybridized carbons (Fsp3) is 0.429. The molecule has 1 atom stereocenters. The highest BCUT2D eigenvalue weighted by molar-refractivity contribution is 5.81. The molecule has 0 bridgehead atoms. The Morgan fingerprint density at radius 2 is 2.24 bits per heavy atom. The summed E-state index contributed by atoms with van der Waals surface area (Å²) in [6.45, 7) is 4.03. The standard InChI is InChI=1S/C14H18N2O5/c1-3-4-7-15-14(18)10(2)21-13-8-11(9-17)5-6-12(13)16(19)20/h5-6,8-10H,3-4,7H2,1-2H3,(H,15,18). The maximum absolute atomic E-state index is 11.8. The van der Waals surface area contributed by atoms with Gasteiger partial charge in [-0.15, -0.1) is 0 Å². The molecular formula is C14H18N2O5. The van der Waals surface area contributed by atoms with Gasteiger partial charge in [0.15, 0.2) is 11.9 Å². The lowest BCUT2D eigenvalue weighted by Crippen LogP contribution is -2.36. The lowest BCUT2D eigenvalue weighted by Gasteiger charge is -2.14. The average Bonchev–Trinajstić information content (AvgIpc) is 2.46. The molecule has 0 aromatic heterocycles. The molecular weight excluding hydrogens is 276 g/mol. The van der Waals surface area contributed by atoms with E-state index in [1.165, 1.54) is 25.1 Å². The number of rotatable bonds is 8. The summed E-state index contributed by atoms with van der Waals surface area (Å²) in [5.74, 6) is -0.447. The van der Waals surface area contributed by atoms with E-state index < -0.39 is 11.0 Å². The molecule has 1 rings (SSSR count). The molecule has 0 radical (unpaired) electrons. The van der Waals surface area contributed by atoms with Crippen molar-refractivity contribution >= 4 is 17.9 Å². The summed E-state index contributed by atoms with van der Waals surface area (Å²) in [6, 6.07) is 3.76. The van der Waals surface area contributed by atoms with Crippen LogP contribution in [0.15, 0.2) is 18.2 Å². The molecule has 0 saturated heterocycles. The van der Waals surface area contributed by atoms with Crippen LogP contribution >= 0.6 is 0 Å². The fourth-order valence-electron chi connectivity index (χ4n) is 1.63. The number of unbranched alkanes of at least 4 members (excludes halogenated alkanes) is 1. The number of hydrogen-bond donors (Lipinski definition) is 1. The van der Waals surface area contributed by atoms with E-state index in [4.69, 9.17) is 4.74 Å². The van der Waals surface area contributed by atoms with Crippen molar-refractivity contribution in [3.05, 3.63) is 33.9 Å². The third-order valence-corrected chi connectivity index (χ3v) is 2.82. The summed E-state index contributed by atoms with van der Waals surface area (Å²) in [5, 5.41) is 13.6. The molecule has 0 aliphatic carbocycles. The van der Waals surface area contributed by atoms with E-state index >= 15 is 0 Å². The molecule has 0 spiro atoms. The molecule has 0 heterocycles. The smallest absolute Gasteiger partial charge is 0.310 e. The van der Waals surface area contributed by atoms with Crippen molar-refractivity contribution in [2.24, 2.45) is 0 Å². The molecule has 0 fully saturated rings. The normalized spacial score (nSPS) is 11.5. The minimum absolute atomic E-state index is 0.0947. The van der Waals surface area contributed by atoms with Gasteiger partial charge in [-0.1, -0.05) is 13.3 Å². The van der Waals surface area contributed by atoms with Crippen molar-refractivity contribution < 1.29 is 19.2 Å². The Morgan fingerprint density at radius 3 is 2.81 bits per heavy atom. The van der Waals surface area contributed by atoms with Crippen molar-refractivity contribution in [1.82, 2.24) is 5.32 Å². The summed E-state index contributed by atoms with van der Waals surface area (Å²) in [6.07, 6.45) is 1.46. The van der Waals surface area contributed by atoms with Gasteiger partial charge < -0.3 is 10.1 Å². The predicted molar refractivity (Wildman–Crippen MR) is 76.5 cm³/mol. The minimum atomic E-state index is -0.887. The Bertz CT molecular complexity index is 530. The van der Waals surface area contributed by atoms with Crippen LogP contribution in [0.3, 0.4) is 0 Å². The van der Waals surface area contributed by atoms with Crippen LogP contribution in [-0.2, 0) is 4.79 Å². The van der Waals surface area contributed by atoms with Gasteiger partial charge in [0.05, 0.1) is 4.92 Å². The molecule has 1 aromatic carbocycles. The van der Waals surface area contributed by atoms with E-state index in [0.717, 1.165) is 12.8 Å². The zero-order chi connectivity index (χ0) is 15.8. The summed E-state index contributed by atoms with van der Waals surface area (Å²) in [4.78, 5) is 32.8. The van der Waals surface area contributed by atoms with E-state index in [2.05, 4.69) is 5.32 Å². The number of aldehydes is 1. The first kappa shape index (κ1) is 16.6. The first-order valence-electron chi connectivity index (χ1n) is 6.67. The Kier molecular flexibility index (Phi) is 6.32. The highest BCUT2D eigenvalue weighted by Gasteiger charge is 2.21. The third kappa shape index (κ3) is 4.87. The average molecular weight is 294 g/mol. The molecule has 1 aromatic rings. The molecule has 114 valence electrons. The Morgan fingerprint density at radius 1 is 1.52 bits per heavy atom. The van der Waals surface area contributed by atoms with Crippen LogP contribution in [0.25, 0.3) is 0 Å². The van der Waals surface area contributed by atoms with Crippen molar-refractivity contribution in [3.63, 3.8) is 0 Å². The number of nitrogens with zero attached hydrogens (tertiary/aromatic N) is 1. The number of hydrogen-bond acceptors (Lipinski definition) is 5. The fourth-order valence-corrected chi connectivity index (χ4v) is 1.63. The third-order valence-electron chi connectivity index (χ3n) is 2.82. The summed E-state index contributed by atoms with van der Waals surface area (Å²) in [7, 11) is 0. The quantitative estimate of drug-likeness (QED) is 0.342. The monoisotopic (exact) mass is 294 g/mol. The lowest BCUT2D eigenvalue weighted by atomic mass is 10.2. The van der Waals surface area contributed by atoms with Crippen LogP contribution in [0.2, 0.25) is 0 Å². The molecule has 7 heteroatoms. The van der Waals surface area contributed by atoms with Crippen LogP contribution in [-0.4, -0.2) is 29.8 Å². The second kappa shape index (κ2) is 7.98. The van der Waals surface area contributed by atoms with Gasteiger partial charge >= 0.3 is 5.69 Å². The van der Waals surface area contributed by atoms with E-state index in [1.807, 2.05) is 6.92 Å². The topological polar surface area (TPSA) is 98.5 Å². The van der Waals surface area contributed by atoms with Crippen molar-refractivity contribution in [3.8, 4) is 5.75 Å². The number of nitro benzene ring substituents is 1. The largest absolute Gasteiger partial charge is 0.474 e. The van der Waals surface area contributed by atoms with Crippen LogP contribution in [0.4, 0.5) is 5.69 Å². The van der Waals surface area contributed by atoms with Gasteiger partial charge in [0, 0.05) is 18.2 Å². The van der Waals surface area contributed by atoms with Gasteiger partial charge in [0.2, 0.25) is 0 Å². The number of carbonyl (C=O) groups excluding carboxylic acids is 2. The van der Waals surface area contributed by atoms with Crippen molar-refractivity contribution in [2.45, 2.75) is 32.8 Å². The van der Waals surface area contributed by atoms with E-state index in [9.17, 15) is 19.7 Å². The Labute approximate surface area is 122 Å². The number of amides is 1. The van der Waals surface area contributed by atoms with E-state index in [1.54, 1.807) is 0 Å². The molecule has 7 nitrogen and oxygen atoms in total. The summed E-state index contributed by atoms with van der Waals surface area (Å²) in [5.41, 5.74) is -0.0389. The molecule has 1 N–H and O–H groups in total. The highest BCUT2D eigenvalue weighted by atomic mass is 16.6. The molecule has 1 amide bonds. The number of ether oxygens (including phenoxy) is 1. The first-order chi connectivity index (χ1) is 9.99. The van der Waals surface area contributed by atoms with E-state index in [0.29, 0.717) is 12.8 Å². The maximum atomic E-state index is 11.8. The van der Waals surface area contributed by atoms with Crippen molar-refractivity contribution in [1.29, 1.82) is 0 Å².